The fraction of sp³-hybridized carbons (Fsp3) is 0.100. The molecule has 0 saturated carbocycles. The lowest BCUT2D eigenvalue weighted by atomic mass is 10.0. The number of nitrogens with one attached hydrogen (secondary N) is 2. The van der Waals surface area contributed by atoms with Crippen LogP contribution in [0.3, 0.4) is 0 Å². The van der Waals surface area contributed by atoms with Crippen LogP contribution < -0.4 is 10.6 Å². The first-order valence-corrected chi connectivity index (χ1v) is 7.99. The molecule has 0 radical (unpaired) electrons. The van der Waals surface area contributed by atoms with Crippen molar-refractivity contribution < 1.29 is 4.79 Å². The number of carbonyl (C=O) groups excluding carboxylic acids is 1. The van der Waals surface area contributed by atoms with E-state index in [-0.39, 0.29) is 12.1 Å². The lowest BCUT2D eigenvalue weighted by Gasteiger charge is -2.16. The Morgan fingerprint density at radius 2 is 2.00 bits per heavy atom. The summed E-state index contributed by atoms with van der Waals surface area (Å²) in [6, 6.07) is 15.1. The van der Waals surface area contributed by atoms with Crippen LogP contribution in [0.15, 0.2) is 61.1 Å². The Morgan fingerprint density at radius 1 is 1.20 bits per heavy atom. The van der Waals surface area contributed by atoms with Gasteiger partial charge in [0.25, 0.3) is 0 Å². The Kier molecular flexibility index (Phi) is 3.71. The highest BCUT2D eigenvalue weighted by Crippen LogP contribution is 2.38. The van der Waals surface area contributed by atoms with Gasteiger partial charge in [-0.25, -0.2) is 9.78 Å². The van der Waals surface area contributed by atoms with Crippen LogP contribution in [0.1, 0.15) is 17.2 Å². The standard InChI is InChI=1S/C20H16N4O/c1-2-14-7-9-15(10-8-14)23-20(25)22-12-19-17-6-4-3-5-16(17)18-11-21-13-24(18)19/h1,3-11,13,19H,12H2,(H2,22,23,25). The predicted molar refractivity (Wildman–Crippen MR) is 97.2 cm³/mol. The van der Waals surface area contributed by atoms with Crippen molar-refractivity contribution in [3.63, 3.8) is 0 Å². The number of benzene rings is 2. The summed E-state index contributed by atoms with van der Waals surface area (Å²) in [5.74, 6) is 2.55. The molecule has 5 heteroatoms. The van der Waals surface area contributed by atoms with Crippen molar-refractivity contribution in [3.05, 3.63) is 72.2 Å². The number of imidazole rings is 1. The molecule has 2 heterocycles. The normalized spacial score (nSPS) is 14.3. The molecule has 2 amide bonds. The van der Waals surface area contributed by atoms with Gasteiger partial charge in [0, 0.05) is 23.4 Å². The van der Waals surface area contributed by atoms with Crippen LogP contribution in [0, 0.1) is 12.3 Å². The zero-order valence-electron chi connectivity index (χ0n) is 13.4. The first-order valence-electron chi connectivity index (χ1n) is 7.99. The molecule has 1 aromatic heterocycles. The largest absolute Gasteiger partial charge is 0.335 e. The van der Waals surface area contributed by atoms with Gasteiger partial charge in [-0.2, -0.15) is 0 Å². The average molecular weight is 328 g/mol. The Bertz CT molecular complexity index is 966. The van der Waals surface area contributed by atoms with E-state index in [0.717, 1.165) is 16.8 Å². The van der Waals surface area contributed by atoms with Crippen molar-refractivity contribution >= 4 is 11.7 Å². The number of anilines is 1. The third-order valence-corrected chi connectivity index (χ3v) is 4.36. The molecule has 0 aliphatic carbocycles. The fourth-order valence-corrected chi connectivity index (χ4v) is 3.16. The summed E-state index contributed by atoms with van der Waals surface area (Å²) < 4.78 is 2.09. The summed E-state index contributed by atoms with van der Waals surface area (Å²) in [6.45, 7) is 0.481. The molecule has 1 unspecified atom stereocenters. The van der Waals surface area contributed by atoms with Gasteiger partial charge in [0.15, 0.2) is 0 Å². The molecule has 2 aromatic carbocycles. The van der Waals surface area contributed by atoms with Crippen molar-refractivity contribution in [2.75, 3.05) is 11.9 Å². The van der Waals surface area contributed by atoms with Crippen LogP contribution in [0.4, 0.5) is 10.5 Å². The molecule has 1 aliphatic rings. The molecule has 1 aliphatic heterocycles. The quantitative estimate of drug-likeness (QED) is 0.725. The number of carbonyl (C=O) groups is 1. The number of terminal acetylenes is 1. The number of rotatable bonds is 3. The van der Waals surface area contributed by atoms with E-state index in [9.17, 15) is 4.79 Å². The third kappa shape index (κ3) is 2.74. The molecule has 1 atom stereocenters. The monoisotopic (exact) mass is 328 g/mol. The van der Waals surface area contributed by atoms with E-state index < -0.39 is 0 Å². The maximum atomic E-state index is 12.2. The van der Waals surface area contributed by atoms with Crippen LogP contribution in [0.2, 0.25) is 0 Å². The van der Waals surface area contributed by atoms with E-state index in [0.29, 0.717) is 12.2 Å². The second-order valence-electron chi connectivity index (χ2n) is 5.85. The topological polar surface area (TPSA) is 59.0 Å². The summed E-state index contributed by atoms with van der Waals surface area (Å²) in [6.07, 6.45) is 8.99. The number of hydrogen-bond donors (Lipinski definition) is 2. The van der Waals surface area contributed by atoms with Crippen molar-refractivity contribution in [2.24, 2.45) is 0 Å². The number of hydrogen-bond acceptors (Lipinski definition) is 2. The molecule has 3 aromatic rings. The molecule has 5 nitrogen and oxygen atoms in total. The Morgan fingerprint density at radius 3 is 2.80 bits per heavy atom. The van der Waals surface area contributed by atoms with Gasteiger partial charge in [0.1, 0.15) is 0 Å². The van der Waals surface area contributed by atoms with E-state index >= 15 is 0 Å². The first-order chi connectivity index (χ1) is 12.3. The van der Waals surface area contributed by atoms with Crippen molar-refractivity contribution in [1.29, 1.82) is 0 Å². The number of fused-ring (bicyclic) bond motifs is 3. The molecule has 0 fully saturated rings. The summed E-state index contributed by atoms with van der Waals surface area (Å²) in [7, 11) is 0. The Labute approximate surface area is 145 Å². The predicted octanol–water partition coefficient (Wildman–Crippen LogP) is 3.26. The molecule has 0 saturated heterocycles. The van der Waals surface area contributed by atoms with Gasteiger partial charge in [-0.3, -0.25) is 0 Å². The van der Waals surface area contributed by atoms with Gasteiger partial charge in [-0.05, 0) is 29.8 Å². The van der Waals surface area contributed by atoms with E-state index in [4.69, 9.17) is 6.42 Å². The van der Waals surface area contributed by atoms with Crippen molar-refractivity contribution in [3.8, 4) is 23.6 Å². The van der Waals surface area contributed by atoms with Gasteiger partial charge in [0.05, 0.1) is 24.3 Å². The lowest BCUT2D eigenvalue weighted by molar-refractivity contribution is 0.251. The minimum Gasteiger partial charge on any atom is -0.335 e. The third-order valence-electron chi connectivity index (χ3n) is 4.36. The molecular formula is C20H16N4O. The summed E-state index contributed by atoms with van der Waals surface area (Å²) >= 11 is 0. The average Bonchev–Trinajstić information content (AvgIpc) is 3.22. The van der Waals surface area contributed by atoms with Gasteiger partial charge < -0.3 is 15.2 Å². The van der Waals surface area contributed by atoms with E-state index in [1.165, 1.54) is 5.56 Å². The van der Waals surface area contributed by atoms with Gasteiger partial charge in [0.2, 0.25) is 0 Å². The molecule has 25 heavy (non-hydrogen) atoms. The maximum absolute atomic E-state index is 12.2. The second kappa shape index (κ2) is 6.17. The number of amides is 2. The SMILES string of the molecule is C#Cc1ccc(NC(=O)NCC2c3ccccc3-c3cncn32)cc1. The Balaban J connectivity index is 1.45. The van der Waals surface area contributed by atoms with Gasteiger partial charge in [-0.1, -0.05) is 30.2 Å². The maximum Gasteiger partial charge on any atom is 0.319 e. The number of nitrogens with zero attached hydrogens (tertiary/aromatic N) is 2. The zero-order valence-corrected chi connectivity index (χ0v) is 13.4. The molecule has 2 N–H and O–H groups in total. The molecule has 0 bridgehead atoms. The minimum atomic E-state index is -0.250. The summed E-state index contributed by atoms with van der Waals surface area (Å²) in [4.78, 5) is 16.4. The molecular weight excluding hydrogens is 312 g/mol. The van der Waals surface area contributed by atoms with Crippen molar-refractivity contribution in [1.82, 2.24) is 14.9 Å². The van der Waals surface area contributed by atoms with Crippen LogP contribution in [-0.4, -0.2) is 22.1 Å². The Hall–Kier alpha value is -3.52. The molecule has 0 spiro atoms. The van der Waals surface area contributed by atoms with Crippen LogP contribution in [-0.2, 0) is 0 Å². The minimum absolute atomic E-state index is 0.0447. The zero-order chi connectivity index (χ0) is 17.2. The van der Waals surface area contributed by atoms with Crippen molar-refractivity contribution in [2.45, 2.75) is 6.04 Å². The van der Waals surface area contributed by atoms with Crippen LogP contribution in [0.5, 0.6) is 0 Å². The van der Waals surface area contributed by atoms with Crippen LogP contribution >= 0.6 is 0 Å². The second-order valence-corrected chi connectivity index (χ2v) is 5.85. The summed E-state index contributed by atoms with van der Waals surface area (Å²) in [5, 5.41) is 5.75. The van der Waals surface area contributed by atoms with E-state index in [1.54, 1.807) is 30.6 Å². The highest BCUT2D eigenvalue weighted by Gasteiger charge is 2.28. The van der Waals surface area contributed by atoms with E-state index in [2.05, 4.69) is 38.2 Å². The van der Waals surface area contributed by atoms with Gasteiger partial charge >= 0.3 is 6.03 Å². The van der Waals surface area contributed by atoms with E-state index in [1.807, 2.05) is 18.3 Å². The van der Waals surface area contributed by atoms with Gasteiger partial charge in [-0.15, -0.1) is 6.42 Å². The number of urea groups is 1. The lowest BCUT2D eigenvalue weighted by Crippen LogP contribution is -2.33. The highest BCUT2D eigenvalue weighted by atomic mass is 16.2. The smallest absolute Gasteiger partial charge is 0.319 e. The van der Waals surface area contributed by atoms with Crippen LogP contribution in [0.25, 0.3) is 11.3 Å². The fourth-order valence-electron chi connectivity index (χ4n) is 3.16. The molecule has 122 valence electrons. The summed E-state index contributed by atoms with van der Waals surface area (Å²) in [5.41, 5.74) is 4.91. The highest BCUT2D eigenvalue weighted by molar-refractivity contribution is 5.89. The number of aromatic nitrogens is 2. The first kappa shape index (κ1) is 15.0. The molecule has 4 rings (SSSR count).